The largest absolute Gasteiger partial charge is 0.269 e. The van der Waals surface area contributed by atoms with Gasteiger partial charge in [-0.3, -0.25) is 10.1 Å². The third-order valence-corrected chi connectivity index (χ3v) is 5.38. The summed E-state index contributed by atoms with van der Waals surface area (Å²) in [6, 6.07) is 14.2. The van der Waals surface area contributed by atoms with E-state index < -0.39 is 14.9 Å². The van der Waals surface area contributed by atoms with Gasteiger partial charge < -0.3 is 0 Å². The van der Waals surface area contributed by atoms with Crippen LogP contribution in [-0.2, 0) is 10.0 Å². The summed E-state index contributed by atoms with van der Waals surface area (Å²) in [7, 11) is -2.21. The maximum atomic E-state index is 12.3. The molecule has 2 aromatic rings. The second-order valence-electron chi connectivity index (χ2n) is 5.06. The number of non-ortho nitro benzene ring substituents is 1. The summed E-state index contributed by atoms with van der Waals surface area (Å²) in [6.07, 6.45) is 0.122. The van der Waals surface area contributed by atoms with Crippen LogP contribution in [0.2, 0.25) is 0 Å². The van der Waals surface area contributed by atoms with Crippen LogP contribution in [0, 0.1) is 21.4 Å². The van der Waals surface area contributed by atoms with Gasteiger partial charge in [0.1, 0.15) is 0 Å². The number of nitriles is 1. The Morgan fingerprint density at radius 3 is 2.04 bits per heavy atom. The van der Waals surface area contributed by atoms with E-state index in [9.17, 15) is 18.5 Å². The molecular weight excluding hydrogens is 330 g/mol. The molecule has 0 aliphatic rings. The predicted octanol–water partition coefficient (Wildman–Crippen LogP) is 2.80. The first kappa shape index (κ1) is 17.6. The molecule has 0 fully saturated rings. The van der Waals surface area contributed by atoms with Crippen LogP contribution < -0.4 is 0 Å². The lowest BCUT2D eigenvalue weighted by Gasteiger charge is -2.15. The molecule has 2 rings (SSSR count). The average molecular weight is 345 g/mol. The van der Waals surface area contributed by atoms with E-state index in [0.717, 1.165) is 15.4 Å². The Kier molecular flexibility index (Phi) is 5.28. The van der Waals surface area contributed by atoms with Crippen LogP contribution >= 0.6 is 0 Å². The summed E-state index contributed by atoms with van der Waals surface area (Å²) < 4.78 is 25.8. The SMILES string of the molecule is CN(CCC#N)S(=O)(=O)c1ccc(-c2ccc([N+](=O)[O-])cc2)cc1. The molecule has 0 saturated carbocycles. The monoisotopic (exact) mass is 345 g/mol. The highest BCUT2D eigenvalue weighted by atomic mass is 32.2. The second kappa shape index (κ2) is 7.21. The maximum absolute atomic E-state index is 12.3. The Balaban J connectivity index is 2.24. The Hall–Kier alpha value is -2.76. The zero-order chi connectivity index (χ0) is 17.7. The molecule has 8 heteroatoms. The molecule has 7 nitrogen and oxygen atoms in total. The third-order valence-electron chi connectivity index (χ3n) is 3.51. The summed E-state index contributed by atoms with van der Waals surface area (Å²) in [6.45, 7) is 0.128. The topological polar surface area (TPSA) is 104 Å². The highest BCUT2D eigenvalue weighted by Crippen LogP contribution is 2.24. The smallest absolute Gasteiger partial charge is 0.258 e. The molecule has 0 aliphatic carbocycles. The molecule has 24 heavy (non-hydrogen) atoms. The van der Waals surface area contributed by atoms with E-state index in [1.54, 1.807) is 24.3 Å². The lowest BCUT2D eigenvalue weighted by molar-refractivity contribution is -0.384. The van der Waals surface area contributed by atoms with Gasteiger partial charge in [0.2, 0.25) is 10.0 Å². The van der Waals surface area contributed by atoms with Gasteiger partial charge >= 0.3 is 0 Å². The number of rotatable bonds is 6. The number of hydrogen-bond donors (Lipinski definition) is 0. The van der Waals surface area contributed by atoms with Crippen LogP contribution in [0.15, 0.2) is 53.4 Å². The van der Waals surface area contributed by atoms with Crippen molar-refractivity contribution in [2.45, 2.75) is 11.3 Å². The quantitative estimate of drug-likeness (QED) is 0.591. The van der Waals surface area contributed by atoms with Gasteiger partial charge in [0.15, 0.2) is 0 Å². The molecule has 0 saturated heterocycles. The molecule has 0 heterocycles. The van der Waals surface area contributed by atoms with E-state index in [1.807, 2.05) is 6.07 Å². The van der Waals surface area contributed by atoms with Crippen molar-refractivity contribution >= 4 is 15.7 Å². The third kappa shape index (κ3) is 3.76. The number of nitrogens with zero attached hydrogens (tertiary/aromatic N) is 3. The molecule has 0 radical (unpaired) electrons. The van der Waals surface area contributed by atoms with E-state index in [1.165, 1.54) is 31.3 Å². The van der Waals surface area contributed by atoms with Crippen molar-refractivity contribution in [2.75, 3.05) is 13.6 Å². The molecule has 2 aromatic carbocycles. The fourth-order valence-corrected chi connectivity index (χ4v) is 3.27. The van der Waals surface area contributed by atoms with Gasteiger partial charge in [-0.1, -0.05) is 12.1 Å². The van der Waals surface area contributed by atoms with Crippen molar-refractivity contribution in [1.29, 1.82) is 5.26 Å². The minimum atomic E-state index is -3.64. The Labute approximate surface area is 140 Å². The molecule has 0 unspecified atom stereocenters. The number of sulfonamides is 1. The molecule has 0 amide bonds. The summed E-state index contributed by atoms with van der Waals surface area (Å²) in [5.74, 6) is 0. The minimum absolute atomic E-state index is 0.00272. The predicted molar refractivity (Wildman–Crippen MR) is 88.6 cm³/mol. The number of nitro groups is 1. The Morgan fingerprint density at radius 1 is 1.08 bits per heavy atom. The van der Waals surface area contributed by atoms with Gasteiger partial charge in [-0.2, -0.15) is 9.57 Å². The Bertz CT molecular complexity index is 869. The average Bonchev–Trinajstić information content (AvgIpc) is 2.59. The van der Waals surface area contributed by atoms with Gasteiger partial charge in [-0.15, -0.1) is 0 Å². The minimum Gasteiger partial charge on any atom is -0.258 e. The summed E-state index contributed by atoms with van der Waals surface area (Å²) in [5.41, 5.74) is 1.50. The van der Waals surface area contributed by atoms with Crippen molar-refractivity contribution in [2.24, 2.45) is 0 Å². The van der Waals surface area contributed by atoms with Crippen molar-refractivity contribution in [3.05, 3.63) is 58.6 Å². The molecule has 124 valence electrons. The van der Waals surface area contributed by atoms with E-state index in [0.29, 0.717) is 0 Å². The normalized spacial score (nSPS) is 11.2. The molecule has 0 aromatic heterocycles. The molecule has 0 spiro atoms. The van der Waals surface area contributed by atoms with Gasteiger partial charge in [0, 0.05) is 32.1 Å². The summed E-state index contributed by atoms with van der Waals surface area (Å²) in [4.78, 5) is 10.3. The number of hydrogen-bond acceptors (Lipinski definition) is 5. The lowest BCUT2D eigenvalue weighted by atomic mass is 10.1. The lowest BCUT2D eigenvalue weighted by Crippen LogP contribution is -2.27. The van der Waals surface area contributed by atoms with Crippen molar-refractivity contribution in [3.63, 3.8) is 0 Å². The van der Waals surface area contributed by atoms with Crippen molar-refractivity contribution in [1.82, 2.24) is 4.31 Å². The first-order valence-electron chi connectivity index (χ1n) is 7.04. The van der Waals surface area contributed by atoms with Gasteiger partial charge in [0.05, 0.1) is 15.9 Å². The number of benzene rings is 2. The Morgan fingerprint density at radius 2 is 1.58 bits per heavy atom. The van der Waals surface area contributed by atoms with Gasteiger partial charge in [-0.05, 0) is 35.4 Å². The molecule has 0 atom stereocenters. The maximum Gasteiger partial charge on any atom is 0.269 e. The first-order valence-corrected chi connectivity index (χ1v) is 8.48. The van der Waals surface area contributed by atoms with Crippen LogP contribution in [0.25, 0.3) is 11.1 Å². The van der Waals surface area contributed by atoms with Crippen LogP contribution in [0.3, 0.4) is 0 Å². The van der Waals surface area contributed by atoms with Crippen molar-refractivity contribution in [3.8, 4) is 17.2 Å². The fraction of sp³-hybridized carbons (Fsp3) is 0.188. The van der Waals surface area contributed by atoms with Crippen molar-refractivity contribution < 1.29 is 13.3 Å². The summed E-state index contributed by atoms with van der Waals surface area (Å²) >= 11 is 0. The highest BCUT2D eigenvalue weighted by molar-refractivity contribution is 7.89. The second-order valence-corrected chi connectivity index (χ2v) is 7.11. The molecule has 0 bridgehead atoms. The van der Waals surface area contributed by atoms with Crippen LogP contribution in [-0.4, -0.2) is 31.2 Å². The van der Waals surface area contributed by atoms with Crippen LogP contribution in [0.5, 0.6) is 0 Å². The zero-order valence-electron chi connectivity index (χ0n) is 12.9. The highest BCUT2D eigenvalue weighted by Gasteiger charge is 2.20. The van der Waals surface area contributed by atoms with Crippen LogP contribution in [0.1, 0.15) is 6.42 Å². The fourth-order valence-electron chi connectivity index (χ4n) is 2.10. The van der Waals surface area contributed by atoms with Gasteiger partial charge in [-0.25, -0.2) is 8.42 Å². The van der Waals surface area contributed by atoms with E-state index in [2.05, 4.69) is 0 Å². The first-order chi connectivity index (χ1) is 11.4. The molecule has 0 aliphatic heterocycles. The molecule has 0 N–H and O–H groups in total. The van der Waals surface area contributed by atoms with E-state index >= 15 is 0 Å². The van der Waals surface area contributed by atoms with Crippen LogP contribution in [0.4, 0.5) is 5.69 Å². The number of nitro benzene ring substituents is 1. The van der Waals surface area contributed by atoms with E-state index in [4.69, 9.17) is 5.26 Å². The summed E-state index contributed by atoms with van der Waals surface area (Å²) in [5, 5.41) is 19.2. The standard InChI is InChI=1S/C16H15N3O4S/c1-18(12-2-11-17)24(22,23)16-9-5-14(6-10-16)13-3-7-15(8-4-13)19(20)21/h3-10H,2,12H2,1H3. The molecular formula is C16H15N3O4S. The van der Waals surface area contributed by atoms with Gasteiger partial charge in [0.25, 0.3) is 5.69 Å². The zero-order valence-corrected chi connectivity index (χ0v) is 13.7. The van der Waals surface area contributed by atoms with E-state index in [-0.39, 0.29) is 23.5 Å².